The predicted molar refractivity (Wildman–Crippen MR) is 101 cm³/mol. The average molecular weight is 394 g/mol. The summed E-state index contributed by atoms with van der Waals surface area (Å²) < 4.78 is 7.41. The van der Waals surface area contributed by atoms with Crippen LogP contribution in [0.3, 0.4) is 0 Å². The van der Waals surface area contributed by atoms with E-state index >= 15 is 0 Å². The van der Waals surface area contributed by atoms with Crippen LogP contribution in [0.25, 0.3) is 0 Å². The van der Waals surface area contributed by atoms with Gasteiger partial charge in [-0.15, -0.1) is 0 Å². The van der Waals surface area contributed by atoms with Gasteiger partial charge in [-0.2, -0.15) is 5.10 Å². The molecule has 0 saturated carbocycles. The lowest BCUT2D eigenvalue weighted by Crippen LogP contribution is -2.36. The molecule has 0 N–H and O–H groups in total. The van der Waals surface area contributed by atoms with Crippen LogP contribution in [0.4, 0.5) is 0 Å². The highest BCUT2D eigenvalue weighted by Crippen LogP contribution is 2.31. The number of ether oxygens (including phenoxy) is 1. The van der Waals surface area contributed by atoms with Gasteiger partial charge in [-0.1, -0.05) is 23.2 Å². The Morgan fingerprint density at radius 3 is 2.81 bits per heavy atom. The Labute approximate surface area is 162 Å². The van der Waals surface area contributed by atoms with Crippen molar-refractivity contribution in [2.45, 2.75) is 38.8 Å². The molecule has 2 aromatic rings. The molecule has 2 aliphatic rings. The molecule has 0 radical (unpaired) electrons. The van der Waals surface area contributed by atoms with Gasteiger partial charge in [-0.3, -0.25) is 9.48 Å². The Bertz CT molecular complexity index is 844. The first-order valence-electron chi connectivity index (χ1n) is 8.92. The Morgan fingerprint density at radius 1 is 1.27 bits per heavy atom. The molecule has 1 fully saturated rings. The van der Waals surface area contributed by atoms with Gasteiger partial charge in [0.25, 0.3) is 5.91 Å². The minimum atomic E-state index is 0.0163. The van der Waals surface area contributed by atoms with Crippen LogP contribution in [0, 0.1) is 6.92 Å². The van der Waals surface area contributed by atoms with Crippen LogP contribution in [-0.4, -0.2) is 40.3 Å². The van der Waals surface area contributed by atoms with Gasteiger partial charge in [-0.05, 0) is 49.4 Å². The van der Waals surface area contributed by atoms with Crippen molar-refractivity contribution in [3.63, 3.8) is 0 Å². The molecule has 0 spiro atoms. The van der Waals surface area contributed by atoms with Crippen LogP contribution in [0.15, 0.2) is 18.3 Å². The van der Waals surface area contributed by atoms with E-state index in [1.54, 1.807) is 12.3 Å². The lowest BCUT2D eigenvalue weighted by Gasteiger charge is -2.29. The first-order chi connectivity index (χ1) is 12.5. The minimum Gasteiger partial charge on any atom is -0.381 e. The molecule has 0 bridgehead atoms. The third kappa shape index (κ3) is 3.24. The highest BCUT2D eigenvalue weighted by molar-refractivity contribution is 6.35. The lowest BCUT2D eigenvalue weighted by atomic mass is 9.99. The number of carbonyl (C=O) groups is 1. The summed E-state index contributed by atoms with van der Waals surface area (Å²) >= 11 is 12.4. The van der Waals surface area contributed by atoms with E-state index in [-0.39, 0.29) is 5.91 Å². The van der Waals surface area contributed by atoms with E-state index in [1.165, 1.54) is 0 Å². The fraction of sp³-hybridized carbons (Fsp3) is 0.474. The average Bonchev–Trinajstić information content (AvgIpc) is 3.02. The van der Waals surface area contributed by atoms with E-state index in [9.17, 15) is 4.79 Å². The number of hydrogen-bond acceptors (Lipinski definition) is 3. The number of fused-ring (bicyclic) bond motifs is 1. The Hall–Kier alpha value is -1.56. The summed E-state index contributed by atoms with van der Waals surface area (Å²) in [4.78, 5) is 14.9. The summed E-state index contributed by atoms with van der Waals surface area (Å²) in [6, 6.07) is 3.98. The monoisotopic (exact) mass is 393 g/mol. The van der Waals surface area contributed by atoms with E-state index in [4.69, 9.17) is 27.9 Å². The fourth-order valence-corrected chi connectivity index (χ4v) is 4.51. The quantitative estimate of drug-likeness (QED) is 0.772. The highest BCUT2D eigenvalue weighted by atomic mass is 35.5. The molecule has 3 heterocycles. The molecule has 5 nitrogen and oxygen atoms in total. The van der Waals surface area contributed by atoms with E-state index in [2.05, 4.69) is 5.10 Å². The molecule has 1 aromatic carbocycles. The van der Waals surface area contributed by atoms with Crippen LogP contribution in [0.5, 0.6) is 0 Å². The molecule has 7 heteroatoms. The van der Waals surface area contributed by atoms with Gasteiger partial charge in [0, 0.05) is 42.0 Å². The zero-order chi connectivity index (χ0) is 18.3. The second kappa shape index (κ2) is 7.22. The van der Waals surface area contributed by atoms with Crippen molar-refractivity contribution >= 4 is 29.1 Å². The maximum Gasteiger partial charge on any atom is 0.257 e. The molecule has 1 saturated heterocycles. The number of halogens is 2. The molecule has 0 unspecified atom stereocenters. The van der Waals surface area contributed by atoms with Crippen LogP contribution in [0.1, 0.15) is 46.1 Å². The number of nitrogens with zero attached hydrogens (tertiary/aromatic N) is 3. The maximum atomic E-state index is 13.1. The molecule has 1 amide bonds. The van der Waals surface area contributed by atoms with Crippen molar-refractivity contribution < 1.29 is 9.53 Å². The SMILES string of the molecule is Cc1c(C(=O)N2CCc3c(Cl)cc(Cl)cc3C2)cnn1C1CCOCC1. The maximum absolute atomic E-state index is 13.1. The Kier molecular flexibility index (Phi) is 4.95. The largest absolute Gasteiger partial charge is 0.381 e. The summed E-state index contributed by atoms with van der Waals surface area (Å²) in [5.41, 5.74) is 3.72. The van der Waals surface area contributed by atoms with E-state index in [1.807, 2.05) is 22.6 Å². The standard InChI is InChI=1S/C19H21Cl2N3O2/c1-12-17(10-22-24(12)15-3-6-26-7-4-15)19(25)23-5-2-16-13(11-23)8-14(20)9-18(16)21/h8-10,15H,2-7,11H2,1H3. The van der Waals surface area contributed by atoms with Gasteiger partial charge in [-0.25, -0.2) is 0 Å². The second-order valence-electron chi connectivity index (χ2n) is 6.93. The minimum absolute atomic E-state index is 0.0163. The van der Waals surface area contributed by atoms with E-state index in [0.29, 0.717) is 34.7 Å². The molecule has 1 aromatic heterocycles. The van der Waals surface area contributed by atoms with Crippen LogP contribution >= 0.6 is 23.2 Å². The van der Waals surface area contributed by atoms with Crippen molar-refractivity contribution in [2.75, 3.05) is 19.8 Å². The topological polar surface area (TPSA) is 47.4 Å². The Balaban J connectivity index is 1.56. The van der Waals surface area contributed by atoms with Gasteiger partial charge in [0.05, 0.1) is 17.8 Å². The third-order valence-corrected chi connectivity index (χ3v) is 5.90. The molecule has 138 valence electrons. The van der Waals surface area contributed by atoms with Crippen molar-refractivity contribution in [2.24, 2.45) is 0 Å². The number of benzene rings is 1. The first kappa shape index (κ1) is 17.8. The molecular weight excluding hydrogens is 373 g/mol. The zero-order valence-corrected chi connectivity index (χ0v) is 16.2. The number of rotatable bonds is 2. The normalized spacial score (nSPS) is 18.0. The van der Waals surface area contributed by atoms with E-state index in [0.717, 1.165) is 49.3 Å². The van der Waals surface area contributed by atoms with Crippen LogP contribution in [-0.2, 0) is 17.7 Å². The van der Waals surface area contributed by atoms with Gasteiger partial charge < -0.3 is 9.64 Å². The van der Waals surface area contributed by atoms with Gasteiger partial charge in [0.15, 0.2) is 0 Å². The summed E-state index contributed by atoms with van der Waals surface area (Å²) in [5.74, 6) is 0.0163. The van der Waals surface area contributed by atoms with E-state index < -0.39 is 0 Å². The smallest absolute Gasteiger partial charge is 0.257 e. The number of amides is 1. The zero-order valence-electron chi connectivity index (χ0n) is 14.7. The third-order valence-electron chi connectivity index (χ3n) is 5.34. The summed E-state index contributed by atoms with van der Waals surface area (Å²) in [7, 11) is 0. The van der Waals surface area contributed by atoms with Gasteiger partial charge in [0.1, 0.15) is 0 Å². The van der Waals surface area contributed by atoms with Crippen LogP contribution in [0.2, 0.25) is 10.0 Å². The summed E-state index contributed by atoms with van der Waals surface area (Å²) in [5, 5.41) is 5.79. The van der Waals surface area contributed by atoms with Crippen molar-refractivity contribution in [1.82, 2.24) is 14.7 Å². The lowest BCUT2D eigenvalue weighted by molar-refractivity contribution is 0.0655. The predicted octanol–water partition coefficient (Wildman–Crippen LogP) is 4.05. The first-order valence-corrected chi connectivity index (χ1v) is 9.68. The second-order valence-corrected chi connectivity index (χ2v) is 7.78. The van der Waals surface area contributed by atoms with Crippen molar-refractivity contribution in [3.05, 3.63) is 50.8 Å². The van der Waals surface area contributed by atoms with Gasteiger partial charge in [0.2, 0.25) is 0 Å². The Morgan fingerprint density at radius 2 is 2.04 bits per heavy atom. The molecule has 0 atom stereocenters. The molecular formula is C19H21Cl2N3O2. The van der Waals surface area contributed by atoms with Crippen LogP contribution < -0.4 is 0 Å². The fourth-order valence-electron chi connectivity index (χ4n) is 3.88. The molecule has 4 rings (SSSR count). The summed E-state index contributed by atoms with van der Waals surface area (Å²) in [6.07, 6.45) is 4.31. The van der Waals surface area contributed by atoms with Gasteiger partial charge >= 0.3 is 0 Å². The van der Waals surface area contributed by atoms with Crippen molar-refractivity contribution in [1.29, 1.82) is 0 Å². The number of hydrogen-bond donors (Lipinski definition) is 0. The number of aromatic nitrogens is 2. The molecule has 2 aliphatic heterocycles. The number of carbonyl (C=O) groups excluding carboxylic acids is 1. The summed E-state index contributed by atoms with van der Waals surface area (Å²) in [6.45, 7) is 4.64. The van der Waals surface area contributed by atoms with Crippen molar-refractivity contribution in [3.8, 4) is 0 Å². The molecule has 26 heavy (non-hydrogen) atoms. The highest BCUT2D eigenvalue weighted by Gasteiger charge is 2.27. The molecule has 0 aliphatic carbocycles.